The number of aryl methyl sites for hydroxylation is 1. The van der Waals surface area contributed by atoms with Crippen molar-refractivity contribution in [3.05, 3.63) is 45.3 Å². The molecule has 21 nitrogen and oxygen atoms in total. The number of phosphoric acid groups is 2. The van der Waals surface area contributed by atoms with Gasteiger partial charge in [-0.15, -0.1) is 0 Å². The smallest absolute Gasteiger partial charge is 0.390 e. The first-order chi connectivity index (χ1) is 20.0. The topological polar surface area (TPSA) is 317 Å². The normalized spacial score (nSPS) is 25.4. The first-order valence-electron chi connectivity index (χ1n) is 12.3. The first kappa shape index (κ1) is 36.6. The van der Waals surface area contributed by atoms with E-state index in [1.807, 2.05) is 0 Å². The maximum absolute atomic E-state index is 11.7. The number of rotatable bonds is 8. The maximum Gasteiger partial charge on any atom is 1.00 e. The molecule has 2 saturated heterocycles. The fourth-order valence-electron chi connectivity index (χ4n) is 4.29. The van der Waals surface area contributed by atoms with Gasteiger partial charge in [0.1, 0.15) is 36.5 Å². The molecule has 2 aliphatic rings. The second kappa shape index (κ2) is 14.7. The predicted octanol–water partition coefficient (Wildman–Crippen LogP) is -5.23. The van der Waals surface area contributed by atoms with Crippen molar-refractivity contribution >= 4 is 32.6 Å². The Morgan fingerprint density at radius 3 is 2.00 bits per heavy atom. The molecule has 0 bridgehead atoms. The van der Waals surface area contributed by atoms with E-state index >= 15 is 0 Å². The number of aromatic nitrogens is 6. The van der Waals surface area contributed by atoms with Crippen molar-refractivity contribution < 1.29 is 87.0 Å². The number of nitrogen functional groups attached to an aromatic ring is 1. The zero-order valence-electron chi connectivity index (χ0n) is 23.2. The van der Waals surface area contributed by atoms with Gasteiger partial charge in [-0.25, -0.2) is 28.9 Å². The molecule has 0 spiro atoms. The number of aliphatic hydroxyl groups excluding tert-OH is 2. The third-order valence-corrected chi connectivity index (χ3v) is 7.35. The van der Waals surface area contributed by atoms with Crippen molar-refractivity contribution in [2.45, 2.75) is 56.6 Å². The molecule has 2 fully saturated rings. The van der Waals surface area contributed by atoms with E-state index < -0.39 is 77.0 Å². The minimum absolute atomic E-state index is 0. The van der Waals surface area contributed by atoms with Gasteiger partial charge in [-0.1, -0.05) is 0 Å². The molecule has 44 heavy (non-hydrogen) atoms. The van der Waals surface area contributed by atoms with Crippen LogP contribution in [0.15, 0.2) is 28.4 Å². The summed E-state index contributed by atoms with van der Waals surface area (Å²) in [5.41, 5.74) is 5.63. The SMILES string of the molecule is Cc1cn(C2CC(O)C(COP(=O)(O)O)O2)c(=O)[nH]c1=O.Nc1ncnc2c1ncn2C1CC(O)C(COP(=O)(O)O)O1.[Na+]. The van der Waals surface area contributed by atoms with E-state index in [9.17, 15) is 28.9 Å². The van der Waals surface area contributed by atoms with Crippen LogP contribution in [0.25, 0.3) is 11.2 Å². The summed E-state index contributed by atoms with van der Waals surface area (Å²) in [6, 6.07) is 0. The Labute approximate surface area is 268 Å². The van der Waals surface area contributed by atoms with Gasteiger partial charge in [0, 0.05) is 24.6 Å². The zero-order valence-corrected chi connectivity index (χ0v) is 27.0. The molecule has 24 heteroatoms. The summed E-state index contributed by atoms with van der Waals surface area (Å²) in [6.45, 7) is 0.569. The van der Waals surface area contributed by atoms with Crippen LogP contribution < -0.4 is 46.5 Å². The van der Waals surface area contributed by atoms with Crippen LogP contribution in [0.1, 0.15) is 30.9 Å². The molecule has 3 aromatic rings. The molecule has 2 aliphatic heterocycles. The predicted molar refractivity (Wildman–Crippen MR) is 141 cm³/mol. The van der Waals surface area contributed by atoms with E-state index in [0.717, 1.165) is 4.57 Å². The number of imidazole rings is 1. The maximum atomic E-state index is 11.7. The van der Waals surface area contributed by atoms with Gasteiger partial charge < -0.3 is 45.0 Å². The van der Waals surface area contributed by atoms with Gasteiger partial charge in [-0.2, -0.15) is 0 Å². The summed E-state index contributed by atoms with van der Waals surface area (Å²) in [7, 11) is -9.28. The van der Waals surface area contributed by atoms with E-state index in [1.165, 1.54) is 25.8 Å². The number of nitrogens with zero attached hydrogens (tertiary/aromatic N) is 5. The summed E-state index contributed by atoms with van der Waals surface area (Å²) in [4.78, 5) is 71.7. The molecule has 5 heterocycles. The quantitative estimate of drug-likeness (QED) is 0.0816. The molecule has 5 rings (SSSR count). The van der Waals surface area contributed by atoms with Crippen LogP contribution in [0, 0.1) is 6.92 Å². The van der Waals surface area contributed by atoms with Crippen LogP contribution in [0.5, 0.6) is 0 Å². The van der Waals surface area contributed by atoms with Crippen molar-refractivity contribution in [3.63, 3.8) is 0 Å². The van der Waals surface area contributed by atoms with Gasteiger partial charge in [-0.05, 0) is 6.92 Å². The summed E-state index contributed by atoms with van der Waals surface area (Å²) in [6.07, 6.45) is -1.02. The van der Waals surface area contributed by atoms with Gasteiger partial charge in [0.2, 0.25) is 0 Å². The zero-order chi connectivity index (χ0) is 31.7. The Kier molecular flexibility index (Phi) is 12.2. The molecule has 0 aromatic carbocycles. The fourth-order valence-corrected chi connectivity index (χ4v) is 4.98. The molecular formula is C20H29N7NaO14P2+. The molecule has 0 saturated carbocycles. The largest absolute Gasteiger partial charge is 1.00 e. The van der Waals surface area contributed by atoms with E-state index in [1.54, 1.807) is 4.57 Å². The molecular weight excluding hydrogens is 647 g/mol. The second-order valence-corrected chi connectivity index (χ2v) is 12.0. The van der Waals surface area contributed by atoms with Crippen LogP contribution in [-0.4, -0.2) is 96.5 Å². The Bertz CT molecular complexity index is 1660. The van der Waals surface area contributed by atoms with Crippen molar-refractivity contribution in [1.82, 2.24) is 29.1 Å². The van der Waals surface area contributed by atoms with Gasteiger partial charge >= 0.3 is 50.9 Å². The summed E-state index contributed by atoms with van der Waals surface area (Å²) >= 11 is 0. The second-order valence-electron chi connectivity index (χ2n) is 9.50. The van der Waals surface area contributed by atoms with Crippen LogP contribution in [0.4, 0.5) is 5.82 Å². The molecule has 9 N–H and O–H groups in total. The summed E-state index contributed by atoms with van der Waals surface area (Å²) < 4.78 is 43.6. The van der Waals surface area contributed by atoms with Crippen molar-refractivity contribution in [1.29, 1.82) is 0 Å². The number of hydrogen-bond donors (Lipinski definition) is 8. The molecule has 6 atom stereocenters. The monoisotopic (exact) mass is 676 g/mol. The Morgan fingerprint density at radius 1 is 0.955 bits per heavy atom. The van der Waals surface area contributed by atoms with Crippen LogP contribution >= 0.6 is 15.6 Å². The average Bonchev–Trinajstić information content (AvgIpc) is 3.60. The Balaban J connectivity index is 0.000000235. The summed E-state index contributed by atoms with van der Waals surface area (Å²) in [5.74, 6) is 0.226. The molecule has 0 radical (unpaired) electrons. The van der Waals surface area contributed by atoms with Crippen LogP contribution in [0.3, 0.4) is 0 Å². The third-order valence-electron chi connectivity index (χ3n) is 6.38. The van der Waals surface area contributed by atoms with Crippen molar-refractivity contribution in [3.8, 4) is 0 Å². The molecule has 238 valence electrons. The summed E-state index contributed by atoms with van der Waals surface area (Å²) in [5, 5.41) is 19.7. The van der Waals surface area contributed by atoms with Gasteiger partial charge in [0.25, 0.3) is 5.56 Å². The van der Waals surface area contributed by atoms with E-state index in [4.69, 9.17) is 34.8 Å². The number of H-pyrrole nitrogens is 1. The minimum Gasteiger partial charge on any atom is -0.390 e. The van der Waals surface area contributed by atoms with Gasteiger partial charge in [0.05, 0.1) is 31.7 Å². The number of hydrogen-bond acceptors (Lipinski definition) is 14. The third kappa shape index (κ3) is 9.32. The van der Waals surface area contributed by atoms with Gasteiger partial charge in [-0.3, -0.25) is 28.0 Å². The van der Waals surface area contributed by atoms with E-state index in [2.05, 4.69) is 29.0 Å². The number of anilines is 1. The van der Waals surface area contributed by atoms with Crippen molar-refractivity contribution in [2.24, 2.45) is 0 Å². The van der Waals surface area contributed by atoms with Crippen LogP contribution in [0.2, 0.25) is 0 Å². The number of fused-ring (bicyclic) bond motifs is 1. The Hall–Kier alpha value is -1.91. The first-order valence-corrected chi connectivity index (χ1v) is 15.4. The number of phosphoric ester groups is 2. The Morgan fingerprint density at radius 2 is 1.48 bits per heavy atom. The number of aliphatic hydroxyl groups is 2. The molecule has 3 aromatic heterocycles. The average molecular weight is 676 g/mol. The molecule has 0 amide bonds. The number of nitrogens with two attached hydrogens (primary N) is 1. The van der Waals surface area contributed by atoms with E-state index in [-0.39, 0.29) is 48.2 Å². The number of ether oxygens (including phenoxy) is 2. The fraction of sp³-hybridized carbons (Fsp3) is 0.550. The van der Waals surface area contributed by atoms with Crippen molar-refractivity contribution in [2.75, 3.05) is 18.9 Å². The minimum atomic E-state index is -4.67. The number of nitrogens with one attached hydrogen (secondary N) is 1. The standard InChI is InChI=1S/C10H14N5O6P.C10H15N2O8P.Na/c11-9-8-10(13-3-12-9)15(4-14-8)7-1-5(16)6(21-7)2-20-22(17,18)19;1-5-3-12(10(15)11-9(5)14)8-2-6(13)7(20-8)4-19-21(16,17)18;/h3-7,16H,1-2H2,(H2,11,12,13)(H2,17,18,19);3,6-8,13H,2,4H2,1H3,(H,11,14,15)(H2,16,17,18);/q;;+1. The molecule has 6 unspecified atom stereocenters. The van der Waals surface area contributed by atoms with Gasteiger partial charge in [0.15, 0.2) is 11.5 Å². The van der Waals surface area contributed by atoms with E-state index in [0.29, 0.717) is 16.7 Å². The van der Waals surface area contributed by atoms with Crippen LogP contribution in [-0.2, 0) is 27.7 Å². The molecule has 0 aliphatic carbocycles. The number of aromatic amines is 1.